The van der Waals surface area contributed by atoms with Crippen LogP contribution in [0.25, 0.3) is 0 Å². The summed E-state index contributed by atoms with van der Waals surface area (Å²) in [5.41, 5.74) is -0.441. The van der Waals surface area contributed by atoms with Gasteiger partial charge in [0.15, 0.2) is 0 Å². The summed E-state index contributed by atoms with van der Waals surface area (Å²) < 4.78 is 46.3. The van der Waals surface area contributed by atoms with Gasteiger partial charge in [-0.25, -0.2) is 0 Å². The predicted octanol–water partition coefficient (Wildman–Crippen LogP) is 6.86. The van der Waals surface area contributed by atoms with E-state index >= 15 is 0 Å². The highest BCUT2D eigenvalue weighted by Crippen LogP contribution is 2.52. The number of anilines is 1. The second kappa shape index (κ2) is 10.1. The lowest BCUT2D eigenvalue weighted by atomic mass is 9.63. The molecule has 1 fully saturated rings. The van der Waals surface area contributed by atoms with Crippen LogP contribution in [0.4, 0.5) is 18.9 Å². The van der Waals surface area contributed by atoms with Gasteiger partial charge in [0.1, 0.15) is 0 Å². The molecule has 0 radical (unpaired) electrons. The molecular weight excluding hydrogens is 494 g/mol. The summed E-state index contributed by atoms with van der Waals surface area (Å²) in [4.78, 5) is 25.1. The number of carbonyl (C=O) groups is 2. The lowest BCUT2D eigenvalue weighted by molar-refractivity contribution is -0.178. The van der Waals surface area contributed by atoms with Crippen molar-refractivity contribution in [1.29, 1.82) is 0 Å². The van der Waals surface area contributed by atoms with Crippen LogP contribution in [0.1, 0.15) is 49.3 Å². The van der Waals surface area contributed by atoms with Gasteiger partial charge in [0.25, 0.3) is 0 Å². The number of carbonyl (C=O) groups excluding carboxylic acids is 1. The number of hydrogen-bond acceptors (Lipinski definition) is 3. The van der Waals surface area contributed by atoms with Crippen LogP contribution in [0.3, 0.4) is 0 Å². The average molecular weight is 518 g/mol. The quantitative estimate of drug-likeness (QED) is 0.401. The maximum atomic E-state index is 13.6. The molecule has 0 spiro atoms. The molecule has 0 aromatic heterocycles. The summed E-state index contributed by atoms with van der Waals surface area (Å²) in [6, 6.07) is 10.1. The van der Waals surface area contributed by atoms with Crippen LogP contribution in [0.5, 0.6) is 0 Å². The molecule has 0 heterocycles. The molecule has 0 bridgehead atoms. The molecule has 2 aromatic carbocycles. The number of carboxylic acid groups (broad SMARTS) is 1. The van der Waals surface area contributed by atoms with E-state index in [2.05, 4.69) is 5.32 Å². The Balaban J connectivity index is 1.95. The number of aliphatic carboxylic acids is 1. The van der Waals surface area contributed by atoms with Gasteiger partial charge in [0.2, 0.25) is 5.91 Å². The van der Waals surface area contributed by atoms with Crippen molar-refractivity contribution in [2.45, 2.75) is 44.4 Å². The maximum absolute atomic E-state index is 13.6. The number of methoxy groups -OCH3 is 1. The molecule has 1 saturated carbocycles. The van der Waals surface area contributed by atoms with E-state index in [9.17, 15) is 27.9 Å². The predicted molar refractivity (Wildman–Crippen MR) is 123 cm³/mol. The molecule has 3 atom stereocenters. The van der Waals surface area contributed by atoms with E-state index in [0.29, 0.717) is 23.4 Å². The van der Waals surface area contributed by atoms with Crippen molar-refractivity contribution in [3.8, 4) is 0 Å². The Kier molecular flexibility index (Phi) is 7.85. The lowest BCUT2D eigenvalue weighted by Gasteiger charge is -2.43. The number of halogens is 5. The summed E-state index contributed by atoms with van der Waals surface area (Å²) in [5.74, 6) is -5.45. The summed E-state index contributed by atoms with van der Waals surface area (Å²) >= 11 is 12.1. The third-order valence-corrected chi connectivity index (χ3v) is 7.07. The molecule has 2 aromatic rings. The number of hydrogen-bond donors (Lipinski definition) is 2. The van der Waals surface area contributed by atoms with Crippen molar-refractivity contribution in [2.24, 2.45) is 11.3 Å². The number of alkyl halides is 3. The molecule has 1 unspecified atom stereocenters. The zero-order chi connectivity index (χ0) is 25.3. The smallest absolute Gasteiger partial charge is 0.392 e. The Labute approximate surface area is 205 Å². The number of ether oxygens (including phenoxy) is 1. The largest absolute Gasteiger partial charge is 0.481 e. The highest BCUT2D eigenvalue weighted by Gasteiger charge is 2.52. The fourth-order valence-corrected chi connectivity index (χ4v) is 4.66. The SMILES string of the molecule is COC(c1ccc(Cl)c(NC(=O)[C@H](c2ccc(Cl)cc2)[C@@H](C)C(F)(F)F)c1)C1(C(=O)O)CCC1. The highest BCUT2D eigenvalue weighted by molar-refractivity contribution is 6.33. The number of nitrogens with one attached hydrogen (secondary N) is 1. The first kappa shape index (κ1) is 26.3. The monoisotopic (exact) mass is 517 g/mol. The van der Waals surface area contributed by atoms with Gasteiger partial charge in [-0.1, -0.05) is 54.7 Å². The van der Waals surface area contributed by atoms with E-state index < -0.39 is 41.4 Å². The topological polar surface area (TPSA) is 75.6 Å². The van der Waals surface area contributed by atoms with E-state index in [-0.39, 0.29) is 16.3 Å². The number of rotatable bonds is 8. The van der Waals surface area contributed by atoms with Crippen molar-refractivity contribution >= 4 is 40.8 Å². The third-order valence-electron chi connectivity index (χ3n) is 6.49. The zero-order valence-electron chi connectivity index (χ0n) is 18.5. The minimum absolute atomic E-state index is 0.0689. The van der Waals surface area contributed by atoms with Crippen molar-refractivity contribution in [3.05, 3.63) is 63.6 Å². The van der Waals surface area contributed by atoms with Crippen LogP contribution in [0.15, 0.2) is 42.5 Å². The number of benzene rings is 2. The normalized spacial score (nSPS) is 17.9. The van der Waals surface area contributed by atoms with E-state index in [1.54, 1.807) is 6.07 Å². The molecule has 1 amide bonds. The molecular formula is C24H24Cl2F3NO4. The van der Waals surface area contributed by atoms with Gasteiger partial charge in [-0.3, -0.25) is 9.59 Å². The molecule has 0 aliphatic heterocycles. The molecule has 0 saturated heterocycles. The van der Waals surface area contributed by atoms with Crippen molar-refractivity contribution < 1.29 is 32.6 Å². The van der Waals surface area contributed by atoms with E-state index in [1.807, 2.05) is 0 Å². The van der Waals surface area contributed by atoms with Gasteiger partial charge in [-0.15, -0.1) is 0 Å². The molecule has 3 rings (SSSR count). The van der Waals surface area contributed by atoms with E-state index in [1.165, 1.54) is 43.5 Å². The van der Waals surface area contributed by atoms with Gasteiger partial charge in [-0.2, -0.15) is 13.2 Å². The number of carboxylic acids is 1. The first-order valence-corrected chi connectivity index (χ1v) is 11.3. The Morgan fingerprint density at radius 2 is 1.68 bits per heavy atom. The summed E-state index contributed by atoms with van der Waals surface area (Å²) in [6.45, 7) is 0.936. The van der Waals surface area contributed by atoms with Gasteiger partial charge >= 0.3 is 12.1 Å². The molecule has 10 heteroatoms. The van der Waals surface area contributed by atoms with Gasteiger partial charge in [0, 0.05) is 12.1 Å². The Hall–Kier alpha value is -2.29. The number of amides is 1. The molecule has 1 aliphatic carbocycles. The van der Waals surface area contributed by atoms with Gasteiger partial charge in [0.05, 0.1) is 34.1 Å². The van der Waals surface area contributed by atoms with Crippen LogP contribution in [0.2, 0.25) is 10.0 Å². The first-order valence-electron chi connectivity index (χ1n) is 10.6. The summed E-state index contributed by atoms with van der Waals surface area (Å²) in [5, 5.41) is 12.7. The van der Waals surface area contributed by atoms with Crippen molar-refractivity contribution in [3.63, 3.8) is 0 Å². The minimum Gasteiger partial charge on any atom is -0.481 e. The zero-order valence-corrected chi connectivity index (χ0v) is 20.0. The fourth-order valence-electron chi connectivity index (χ4n) is 4.37. The highest BCUT2D eigenvalue weighted by atomic mass is 35.5. The van der Waals surface area contributed by atoms with Crippen molar-refractivity contribution in [1.82, 2.24) is 0 Å². The van der Waals surface area contributed by atoms with Gasteiger partial charge < -0.3 is 15.2 Å². The fraction of sp³-hybridized carbons (Fsp3) is 0.417. The lowest BCUT2D eigenvalue weighted by Crippen LogP contribution is -2.44. The van der Waals surface area contributed by atoms with Crippen molar-refractivity contribution in [2.75, 3.05) is 12.4 Å². The second-order valence-corrected chi connectivity index (χ2v) is 9.36. The van der Waals surface area contributed by atoms with Crippen LogP contribution in [0, 0.1) is 11.3 Å². The molecule has 1 aliphatic rings. The van der Waals surface area contributed by atoms with Crippen LogP contribution >= 0.6 is 23.2 Å². The van der Waals surface area contributed by atoms with Crippen LogP contribution in [-0.2, 0) is 14.3 Å². The Bertz CT molecular complexity index is 1060. The Morgan fingerprint density at radius 3 is 2.15 bits per heavy atom. The second-order valence-electron chi connectivity index (χ2n) is 8.52. The summed E-state index contributed by atoms with van der Waals surface area (Å²) in [6.07, 6.45) is -3.86. The molecule has 34 heavy (non-hydrogen) atoms. The maximum Gasteiger partial charge on any atom is 0.392 e. The first-order chi connectivity index (χ1) is 15.9. The average Bonchev–Trinajstić information content (AvgIpc) is 2.72. The minimum atomic E-state index is -4.63. The molecule has 2 N–H and O–H groups in total. The Morgan fingerprint density at radius 1 is 1.09 bits per heavy atom. The van der Waals surface area contributed by atoms with Crippen LogP contribution < -0.4 is 5.32 Å². The van der Waals surface area contributed by atoms with Gasteiger partial charge in [-0.05, 0) is 48.2 Å². The standard InChI is InChI=1S/C24H24Cl2F3NO4/c1-13(24(27,28)29)19(14-4-7-16(25)8-5-14)21(31)30-18-12-15(6-9-17(18)26)20(34-2)23(22(32)33)10-3-11-23/h4-9,12-13,19-20H,3,10-11H2,1-2H3,(H,30,31)(H,32,33)/t13-,19+,20?/m1/s1. The molecule has 5 nitrogen and oxygen atoms in total. The molecule has 184 valence electrons. The summed E-state index contributed by atoms with van der Waals surface area (Å²) in [7, 11) is 1.39. The van der Waals surface area contributed by atoms with E-state index in [4.69, 9.17) is 27.9 Å². The third kappa shape index (κ3) is 5.19. The van der Waals surface area contributed by atoms with E-state index in [0.717, 1.165) is 13.3 Å². The van der Waals surface area contributed by atoms with Crippen LogP contribution in [-0.4, -0.2) is 30.3 Å².